The Morgan fingerprint density at radius 2 is 1.86 bits per heavy atom. The molecule has 14 heavy (non-hydrogen) atoms. The molecule has 0 heterocycles. The Labute approximate surface area is 85.1 Å². The molecular weight excluding hydrogens is 186 g/mol. The second kappa shape index (κ2) is 10.9. The number of hydrogen-bond donors (Lipinski definition) is 2. The lowest BCUT2D eigenvalue weighted by Gasteiger charge is -2.09. The molecule has 0 aromatic rings. The average molecular weight is 207 g/mol. The van der Waals surface area contributed by atoms with Gasteiger partial charge in [-0.15, -0.1) is 0 Å². The molecule has 0 saturated carbocycles. The van der Waals surface area contributed by atoms with E-state index < -0.39 is 0 Å². The van der Waals surface area contributed by atoms with Crippen LogP contribution >= 0.6 is 0 Å². The van der Waals surface area contributed by atoms with Crippen molar-refractivity contribution < 1.29 is 19.3 Å². The van der Waals surface area contributed by atoms with E-state index in [0.29, 0.717) is 26.4 Å². The van der Waals surface area contributed by atoms with Crippen molar-refractivity contribution in [3.05, 3.63) is 0 Å². The standard InChI is InChI=1S/C9H21NO4/c1-12-3-2-4-13-5-6-14-8-9(10)7-11/h9,11H,2-8,10H2,1H3. The molecule has 0 aliphatic carbocycles. The second-order valence-corrected chi connectivity index (χ2v) is 2.98. The van der Waals surface area contributed by atoms with Gasteiger partial charge in [0.15, 0.2) is 0 Å². The highest BCUT2D eigenvalue weighted by Crippen LogP contribution is 1.85. The molecular formula is C9H21NO4. The summed E-state index contributed by atoms with van der Waals surface area (Å²) < 4.78 is 15.3. The molecule has 1 atom stereocenters. The lowest BCUT2D eigenvalue weighted by atomic mass is 10.4. The topological polar surface area (TPSA) is 73.9 Å². The molecule has 0 aliphatic rings. The van der Waals surface area contributed by atoms with Crippen LogP contribution in [0.5, 0.6) is 0 Å². The smallest absolute Gasteiger partial charge is 0.0701 e. The monoisotopic (exact) mass is 207 g/mol. The van der Waals surface area contributed by atoms with Crippen molar-refractivity contribution in [2.75, 3.05) is 46.8 Å². The Morgan fingerprint density at radius 3 is 2.50 bits per heavy atom. The highest BCUT2D eigenvalue weighted by molar-refractivity contribution is 4.55. The van der Waals surface area contributed by atoms with Gasteiger partial charge in [-0.3, -0.25) is 0 Å². The first kappa shape index (κ1) is 13.8. The summed E-state index contributed by atoms with van der Waals surface area (Å²) in [6.45, 7) is 2.80. The molecule has 5 nitrogen and oxygen atoms in total. The lowest BCUT2D eigenvalue weighted by molar-refractivity contribution is 0.0307. The van der Waals surface area contributed by atoms with Crippen molar-refractivity contribution in [2.45, 2.75) is 12.5 Å². The van der Waals surface area contributed by atoms with Crippen LogP contribution in [0.1, 0.15) is 6.42 Å². The zero-order valence-electron chi connectivity index (χ0n) is 8.78. The fourth-order valence-electron chi connectivity index (χ4n) is 0.813. The number of aliphatic hydroxyl groups is 1. The van der Waals surface area contributed by atoms with Gasteiger partial charge in [0.2, 0.25) is 0 Å². The van der Waals surface area contributed by atoms with Crippen molar-refractivity contribution in [1.82, 2.24) is 0 Å². The van der Waals surface area contributed by atoms with Gasteiger partial charge in [-0.1, -0.05) is 0 Å². The molecule has 1 unspecified atom stereocenters. The Morgan fingerprint density at radius 1 is 1.14 bits per heavy atom. The van der Waals surface area contributed by atoms with Gasteiger partial charge in [-0.2, -0.15) is 0 Å². The summed E-state index contributed by atoms with van der Waals surface area (Å²) in [7, 11) is 1.67. The van der Waals surface area contributed by atoms with Crippen LogP contribution in [-0.4, -0.2) is 57.9 Å². The van der Waals surface area contributed by atoms with Gasteiger partial charge in [0.1, 0.15) is 0 Å². The van der Waals surface area contributed by atoms with Crippen LogP contribution < -0.4 is 5.73 Å². The van der Waals surface area contributed by atoms with E-state index in [4.69, 9.17) is 25.1 Å². The van der Waals surface area contributed by atoms with Crippen LogP contribution in [0.3, 0.4) is 0 Å². The predicted octanol–water partition coefficient (Wildman–Crippen LogP) is -0.624. The fourth-order valence-corrected chi connectivity index (χ4v) is 0.813. The predicted molar refractivity (Wildman–Crippen MR) is 53.2 cm³/mol. The summed E-state index contributed by atoms with van der Waals surface area (Å²) in [6.07, 6.45) is 0.895. The summed E-state index contributed by atoms with van der Waals surface area (Å²) >= 11 is 0. The maximum atomic E-state index is 8.58. The van der Waals surface area contributed by atoms with Crippen LogP contribution in [0.15, 0.2) is 0 Å². The van der Waals surface area contributed by atoms with Gasteiger partial charge in [0.25, 0.3) is 0 Å². The Kier molecular flexibility index (Phi) is 10.7. The first-order chi connectivity index (χ1) is 6.81. The van der Waals surface area contributed by atoms with E-state index in [0.717, 1.165) is 13.0 Å². The minimum atomic E-state index is -0.288. The summed E-state index contributed by atoms with van der Waals surface area (Å²) in [5, 5.41) is 8.58. The maximum Gasteiger partial charge on any atom is 0.0701 e. The van der Waals surface area contributed by atoms with Gasteiger partial charge in [-0.25, -0.2) is 0 Å². The van der Waals surface area contributed by atoms with Crippen LogP contribution in [0.2, 0.25) is 0 Å². The van der Waals surface area contributed by atoms with Crippen molar-refractivity contribution >= 4 is 0 Å². The maximum absolute atomic E-state index is 8.58. The van der Waals surface area contributed by atoms with Crippen molar-refractivity contribution in [2.24, 2.45) is 5.73 Å². The third-order valence-corrected chi connectivity index (χ3v) is 1.58. The summed E-state index contributed by atoms with van der Waals surface area (Å²) in [5.41, 5.74) is 5.42. The van der Waals surface area contributed by atoms with E-state index in [-0.39, 0.29) is 12.6 Å². The molecule has 5 heteroatoms. The normalized spacial score (nSPS) is 13.1. The van der Waals surface area contributed by atoms with Crippen molar-refractivity contribution in [3.63, 3.8) is 0 Å². The minimum Gasteiger partial charge on any atom is -0.395 e. The van der Waals surface area contributed by atoms with Gasteiger partial charge < -0.3 is 25.1 Å². The zero-order valence-corrected chi connectivity index (χ0v) is 8.78. The molecule has 0 aromatic carbocycles. The first-order valence-electron chi connectivity index (χ1n) is 4.82. The lowest BCUT2D eigenvalue weighted by Crippen LogP contribution is -2.30. The first-order valence-corrected chi connectivity index (χ1v) is 4.82. The number of ether oxygens (including phenoxy) is 3. The molecule has 0 amide bonds. The summed E-state index contributed by atoms with van der Waals surface area (Å²) in [4.78, 5) is 0. The SMILES string of the molecule is COCCCOCCOCC(N)CO. The van der Waals surface area contributed by atoms with Gasteiger partial charge in [-0.05, 0) is 6.42 Å². The fraction of sp³-hybridized carbons (Fsp3) is 1.00. The van der Waals surface area contributed by atoms with Gasteiger partial charge >= 0.3 is 0 Å². The highest BCUT2D eigenvalue weighted by Gasteiger charge is 1.98. The number of hydrogen-bond acceptors (Lipinski definition) is 5. The second-order valence-electron chi connectivity index (χ2n) is 2.98. The molecule has 0 fully saturated rings. The van der Waals surface area contributed by atoms with E-state index in [1.165, 1.54) is 0 Å². The number of nitrogens with two attached hydrogens (primary N) is 1. The number of methoxy groups -OCH3 is 1. The molecule has 0 radical (unpaired) electrons. The molecule has 0 saturated heterocycles. The third kappa shape index (κ3) is 9.88. The molecule has 0 aliphatic heterocycles. The van der Waals surface area contributed by atoms with Crippen LogP contribution in [-0.2, 0) is 14.2 Å². The van der Waals surface area contributed by atoms with Crippen LogP contribution in [0.4, 0.5) is 0 Å². The van der Waals surface area contributed by atoms with Gasteiger partial charge in [0, 0.05) is 20.3 Å². The minimum absolute atomic E-state index is 0.0469. The van der Waals surface area contributed by atoms with Gasteiger partial charge in [0.05, 0.1) is 32.5 Å². The molecule has 0 aromatic heterocycles. The van der Waals surface area contributed by atoms with E-state index in [1.54, 1.807) is 7.11 Å². The molecule has 0 rings (SSSR count). The Bertz CT molecular complexity index is 113. The van der Waals surface area contributed by atoms with Crippen molar-refractivity contribution in [1.29, 1.82) is 0 Å². The van der Waals surface area contributed by atoms with Crippen molar-refractivity contribution in [3.8, 4) is 0 Å². The largest absolute Gasteiger partial charge is 0.395 e. The summed E-state index contributed by atoms with van der Waals surface area (Å²) in [5.74, 6) is 0. The van der Waals surface area contributed by atoms with E-state index in [2.05, 4.69) is 0 Å². The number of rotatable bonds is 10. The average Bonchev–Trinajstić information content (AvgIpc) is 2.21. The molecule has 0 bridgehead atoms. The molecule has 0 spiro atoms. The highest BCUT2D eigenvalue weighted by atomic mass is 16.5. The molecule has 86 valence electrons. The zero-order chi connectivity index (χ0) is 10.6. The number of aliphatic hydroxyl groups excluding tert-OH is 1. The van der Waals surface area contributed by atoms with Crippen LogP contribution in [0, 0.1) is 0 Å². The van der Waals surface area contributed by atoms with E-state index in [1.807, 2.05) is 0 Å². The van der Waals surface area contributed by atoms with Crippen LogP contribution in [0.25, 0.3) is 0 Å². The Balaban J connectivity index is 2.92. The summed E-state index contributed by atoms with van der Waals surface area (Å²) in [6, 6.07) is -0.288. The quantitative estimate of drug-likeness (QED) is 0.467. The molecule has 3 N–H and O–H groups in total. The van der Waals surface area contributed by atoms with E-state index in [9.17, 15) is 0 Å². The van der Waals surface area contributed by atoms with E-state index >= 15 is 0 Å². The Hall–Kier alpha value is -0.200. The third-order valence-electron chi connectivity index (χ3n) is 1.58.